The normalized spacial score (nSPS) is 10.8. The van der Waals surface area contributed by atoms with E-state index in [2.05, 4.69) is 39.9 Å². The number of nitrogens with one attached hydrogen (secondary N) is 2. The fourth-order valence-electron chi connectivity index (χ4n) is 1.91. The summed E-state index contributed by atoms with van der Waals surface area (Å²) in [6, 6.07) is 8.66. The molecule has 0 bridgehead atoms. The summed E-state index contributed by atoms with van der Waals surface area (Å²) in [6.07, 6.45) is 2.24. The van der Waals surface area contributed by atoms with Gasteiger partial charge in [0.25, 0.3) is 0 Å². The standard InChI is InChI=1S/C15H22N4O2/c1-3-4-12-5-7-13(8-6-12)17-15-19-18-14(21-15)11-16-9-10-20-2/h5-8,16H,3-4,9-11H2,1-2H3,(H,17,19). The Kier molecular flexibility index (Phi) is 6.18. The number of hydrogen-bond acceptors (Lipinski definition) is 6. The summed E-state index contributed by atoms with van der Waals surface area (Å²) < 4.78 is 10.5. The molecule has 1 heterocycles. The lowest BCUT2D eigenvalue weighted by atomic mass is 10.1. The number of rotatable bonds is 9. The SMILES string of the molecule is CCCc1ccc(Nc2nnc(CNCCOC)o2)cc1. The van der Waals surface area contributed by atoms with Gasteiger partial charge < -0.3 is 19.8 Å². The second-order valence-corrected chi connectivity index (χ2v) is 4.74. The lowest BCUT2D eigenvalue weighted by molar-refractivity contribution is 0.198. The fraction of sp³-hybridized carbons (Fsp3) is 0.467. The molecule has 0 radical (unpaired) electrons. The van der Waals surface area contributed by atoms with E-state index in [0.717, 1.165) is 25.1 Å². The van der Waals surface area contributed by atoms with Crippen molar-refractivity contribution in [2.75, 3.05) is 25.6 Å². The van der Waals surface area contributed by atoms with Crippen LogP contribution < -0.4 is 10.6 Å². The molecule has 0 saturated heterocycles. The largest absolute Gasteiger partial charge is 0.406 e. The van der Waals surface area contributed by atoms with E-state index in [4.69, 9.17) is 9.15 Å². The number of methoxy groups -OCH3 is 1. The second-order valence-electron chi connectivity index (χ2n) is 4.74. The molecule has 2 N–H and O–H groups in total. The Morgan fingerprint density at radius 1 is 1.19 bits per heavy atom. The molecule has 6 heteroatoms. The number of ether oxygens (including phenoxy) is 1. The molecular weight excluding hydrogens is 268 g/mol. The summed E-state index contributed by atoms with van der Waals surface area (Å²) in [5.74, 6) is 0.552. The van der Waals surface area contributed by atoms with Gasteiger partial charge in [0.05, 0.1) is 13.2 Å². The average Bonchev–Trinajstić information content (AvgIpc) is 2.94. The molecule has 1 aromatic heterocycles. The van der Waals surface area contributed by atoms with Gasteiger partial charge in [-0.1, -0.05) is 30.6 Å². The molecule has 0 saturated carbocycles. The van der Waals surface area contributed by atoms with Crippen LogP contribution in [-0.4, -0.2) is 30.5 Å². The smallest absolute Gasteiger partial charge is 0.320 e. The van der Waals surface area contributed by atoms with Gasteiger partial charge in [0.15, 0.2) is 0 Å². The van der Waals surface area contributed by atoms with Crippen LogP contribution in [0.3, 0.4) is 0 Å². The summed E-state index contributed by atoms with van der Waals surface area (Å²) in [7, 11) is 1.67. The number of anilines is 2. The van der Waals surface area contributed by atoms with Crippen LogP contribution in [0.1, 0.15) is 24.8 Å². The van der Waals surface area contributed by atoms with Crippen LogP contribution in [-0.2, 0) is 17.7 Å². The van der Waals surface area contributed by atoms with Gasteiger partial charge in [-0.25, -0.2) is 0 Å². The third kappa shape index (κ3) is 5.17. The van der Waals surface area contributed by atoms with Gasteiger partial charge in [0.2, 0.25) is 5.89 Å². The van der Waals surface area contributed by atoms with Crippen molar-refractivity contribution in [3.05, 3.63) is 35.7 Å². The van der Waals surface area contributed by atoms with E-state index in [9.17, 15) is 0 Å². The Bertz CT molecular complexity index is 525. The van der Waals surface area contributed by atoms with Gasteiger partial charge in [-0.15, -0.1) is 5.10 Å². The minimum Gasteiger partial charge on any atom is -0.406 e. The van der Waals surface area contributed by atoms with Crippen LogP contribution >= 0.6 is 0 Å². The Hall–Kier alpha value is -1.92. The zero-order valence-corrected chi connectivity index (χ0v) is 12.6. The van der Waals surface area contributed by atoms with Crippen molar-refractivity contribution >= 4 is 11.7 Å². The zero-order chi connectivity index (χ0) is 14.9. The van der Waals surface area contributed by atoms with Crippen molar-refractivity contribution in [2.45, 2.75) is 26.3 Å². The lowest BCUT2D eigenvalue weighted by Gasteiger charge is -2.03. The minimum absolute atomic E-state index is 0.404. The molecule has 2 aromatic rings. The highest BCUT2D eigenvalue weighted by molar-refractivity contribution is 5.52. The maximum Gasteiger partial charge on any atom is 0.320 e. The highest BCUT2D eigenvalue weighted by atomic mass is 16.5. The van der Waals surface area contributed by atoms with Crippen LogP contribution in [0.15, 0.2) is 28.7 Å². The first-order chi connectivity index (χ1) is 10.3. The topological polar surface area (TPSA) is 72.2 Å². The van der Waals surface area contributed by atoms with E-state index in [1.807, 2.05) is 12.1 Å². The molecule has 0 fully saturated rings. The molecular formula is C15H22N4O2. The predicted molar refractivity (Wildman–Crippen MR) is 81.6 cm³/mol. The fourth-order valence-corrected chi connectivity index (χ4v) is 1.91. The number of nitrogens with zero attached hydrogens (tertiary/aromatic N) is 2. The first-order valence-corrected chi connectivity index (χ1v) is 7.20. The zero-order valence-electron chi connectivity index (χ0n) is 12.6. The molecule has 0 spiro atoms. The van der Waals surface area contributed by atoms with Crippen LogP contribution in [0.25, 0.3) is 0 Å². The summed E-state index contributed by atoms with van der Waals surface area (Å²) >= 11 is 0. The first kappa shape index (κ1) is 15.5. The molecule has 2 rings (SSSR count). The molecule has 21 heavy (non-hydrogen) atoms. The van der Waals surface area contributed by atoms with Gasteiger partial charge >= 0.3 is 6.01 Å². The van der Waals surface area contributed by atoms with Crippen molar-refractivity contribution in [1.29, 1.82) is 0 Å². The van der Waals surface area contributed by atoms with Crippen LogP contribution in [0, 0.1) is 0 Å². The van der Waals surface area contributed by atoms with Gasteiger partial charge in [-0.3, -0.25) is 0 Å². The maximum absolute atomic E-state index is 5.51. The molecule has 114 valence electrons. The number of aryl methyl sites for hydroxylation is 1. The Morgan fingerprint density at radius 2 is 2.00 bits per heavy atom. The summed E-state index contributed by atoms with van der Waals surface area (Å²) in [5, 5.41) is 14.2. The number of hydrogen-bond donors (Lipinski definition) is 2. The highest BCUT2D eigenvalue weighted by Crippen LogP contribution is 2.16. The summed E-state index contributed by atoms with van der Waals surface area (Å²) in [5.41, 5.74) is 2.27. The van der Waals surface area contributed by atoms with E-state index < -0.39 is 0 Å². The van der Waals surface area contributed by atoms with Gasteiger partial charge in [0, 0.05) is 19.3 Å². The molecule has 1 aromatic carbocycles. The summed E-state index contributed by atoms with van der Waals surface area (Å²) in [4.78, 5) is 0. The van der Waals surface area contributed by atoms with Crippen molar-refractivity contribution in [3.63, 3.8) is 0 Å². The van der Waals surface area contributed by atoms with E-state index >= 15 is 0 Å². The Labute approximate surface area is 124 Å². The maximum atomic E-state index is 5.51. The van der Waals surface area contributed by atoms with Gasteiger partial charge in [-0.2, -0.15) is 0 Å². The minimum atomic E-state index is 0.404. The lowest BCUT2D eigenvalue weighted by Crippen LogP contribution is -2.18. The van der Waals surface area contributed by atoms with Crippen molar-refractivity contribution in [2.24, 2.45) is 0 Å². The molecule has 0 unspecified atom stereocenters. The molecule has 0 amide bonds. The average molecular weight is 290 g/mol. The van der Waals surface area contributed by atoms with Crippen molar-refractivity contribution in [1.82, 2.24) is 15.5 Å². The van der Waals surface area contributed by atoms with Crippen LogP contribution in [0.4, 0.5) is 11.7 Å². The number of aromatic nitrogens is 2. The van der Waals surface area contributed by atoms with Gasteiger partial charge in [-0.05, 0) is 24.1 Å². The van der Waals surface area contributed by atoms with Gasteiger partial charge in [0.1, 0.15) is 0 Å². The third-order valence-corrected chi connectivity index (χ3v) is 2.97. The number of benzene rings is 1. The van der Waals surface area contributed by atoms with E-state index in [1.54, 1.807) is 7.11 Å². The highest BCUT2D eigenvalue weighted by Gasteiger charge is 2.05. The van der Waals surface area contributed by atoms with E-state index in [0.29, 0.717) is 25.1 Å². The Morgan fingerprint density at radius 3 is 2.71 bits per heavy atom. The molecule has 0 aliphatic rings. The molecule has 0 aliphatic heterocycles. The monoisotopic (exact) mass is 290 g/mol. The molecule has 6 nitrogen and oxygen atoms in total. The first-order valence-electron chi connectivity index (χ1n) is 7.20. The third-order valence-electron chi connectivity index (χ3n) is 2.97. The molecule has 0 atom stereocenters. The summed E-state index contributed by atoms with van der Waals surface area (Å²) in [6.45, 7) is 4.12. The van der Waals surface area contributed by atoms with Crippen molar-refractivity contribution < 1.29 is 9.15 Å². The van der Waals surface area contributed by atoms with E-state index in [-0.39, 0.29) is 0 Å². The molecule has 0 aliphatic carbocycles. The Balaban J connectivity index is 1.84. The predicted octanol–water partition coefficient (Wildman–Crippen LogP) is 2.50. The quantitative estimate of drug-likeness (QED) is 0.691. The second kappa shape index (κ2) is 8.39. The van der Waals surface area contributed by atoms with Crippen LogP contribution in [0.2, 0.25) is 0 Å². The van der Waals surface area contributed by atoms with Crippen molar-refractivity contribution in [3.8, 4) is 0 Å². The van der Waals surface area contributed by atoms with E-state index in [1.165, 1.54) is 5.56 Å². The van der Waals surface area contributed by atoms with Crippen LogP contribution in [0.5, 0.6) is 0 Å².